The maximum atomic E-state index is 10.4. The summed E-state index contributed by atoms with van der Waals surface area (Å²) in [6.45, 7) is 2.29. The van der Waals surface area contributed by atoms with Gasteiger partial charge in [-0.25, -0.2) is 4.84 Å². The van der Waals surface area contributed by atoms with Crippen molar-refractivity contribution < 1.29 is 14.8 Å². The van der Waals surface area contributed by atoms with Crippen molar-refractivity contribution in [2.45, 2.75) is 19.8 Å². The number of benzene rings is 2. The lowest BCUT2D eigenvalue weighted by Gasteiger charge is -2.20. The van der Waals surface area contributed by atoms with Crippen LogP contribution in [0.2, 0.25) is 0 Å². The maximum Gasteiger partial charge on any atom is 0.153 e. The number of hydrogen-bond acceptors (Lipinski definition) is 7. The average molecular weight is 378 g/mol. The van der Waals surface area contributed by atoms with E-state index in [1.165, 1.54) is 0 Å². The molecule has 28 heavy (non-hydrogen) atoms. The summed E-state index contributed by atoms with van der Waals surface area (Å²) in [5.41, 5.74) is 10.0. The average Bonchev–Trinajstić information content (AvgIpc) is 2.79. The molecule has 3 N–H and O–H groups in total. The summed E-state index contributed by atoms with van der Waals surface area (Å²) in [6.07, 6.45) is 1.39. The first kappa shape index (κ1) is 18.2. The molecule has 1 aliphatic rings. The van der Waals surface area contributed by atoms with Crippen molar-refractivity contribution in [3.8, 4) is 0 Å². The molecule has 0 saturated carbocycles. The molecule has 2 heterocycles. The molecule has 2 aromatic carbocycles. The number of hydrogen-bond donors (Lipinski definition) is 2. The van der Waals surface area contributed by atoms with Gasteiger partial charge < -0.3 is 10.5 Å². The molecule has 4 rings (SSSR count). The molecule has 7 nitrogen and oxygen atoms in total. The van der Waals surface area contributed by atoms with Gasteiger partial charge in [0.05, 0.1) is 19.4 Å². The molecule has 3 aromatic rings. The summed E-state index contributed by atoms with van der Waals surface area (Å²) in [5, 5.41) is 21.2. The normalized spacial score (nSPS) is 15.0. The summed E-state index contributed by atoms with van der Waals surface area (Å²) in [4.78, 5) is 5.44. The first-order chi connectivity index (χ1) is 13.6. The quantitative estimate of drug-likeness (QED) is 0.699. The minimum absolute atomic E-state index is 0.383. The number of ether oxygens (including phenoxy) is 1. The van der Waals surface area contributed by atoms with Gasteiger partial charge in [-0.15, -0.1) is 10.3 Å². The number of fused-ring (bicyclic) bond motifs is 2. The van der Waals surface area contributed by atoms with E-state index in [0.717, 1.165) is 44.2 Å². The topological polar surface area (TPSA) is 93.7 Å². The van der Waals surface area contributed by atoms with Crippen LogP contribution in [0.1, 0.15) is 29.7 Å². The molecular formula is C21H22N4O3. The Morgan fingerprint density at radius 1 is 1.14 bits per heavy atom. The van der Waals surface area contributed by atoms with E-state index in [2.05, 4.69) is 10.2 Å². The van der Waals surface area contributed by atoms with Gasteiger partial charge in [0.25, 0.3) is 0 Å². The van der Waals surface area contributed by atoms with Crippen LogP contribution in [0.3, 0.4) is 0 Å². The molecule has 0 unspecified atom stereocenters. The van der Waals surface area contributed by atoms with Crippen molar-refractivity contribution in [3.63, 3.8) is 0 Å². The number of anilines is 2. The summed E-state index contributed by atoms with van der Waals surface area (Å²) in [5.74, 6) is 1.23. The smallest absolute Gasteiger partial charge is 0.153 e. The standard InChI is InChI=1S/C21H22N4O3/c1-13-17-12-14(9-10-15(17)21(22)24-23-13)20-16-6-3-4-7-18(16)25(26)28-11-5-8-19(20)27-2/h3-4,6-7,9-10,12,26H,5,8,11H2,1-2H3,(H2,22,24). The summed E-state index contributed by atoms with van der Waals surface area (Å²) in [6, 6.07) is 13.5. The highest BCUT2D eigenvalue weighted by Crippen LogP contribution is 2.38. The molecule has 0 aliphatic carbocycles. The molecule has 144 valence electrons. The minimum atomic E-state index is 0.383. The van der Waals surface area contributed by atoms with E-state index in [1.54, 1.807) is 7.11 Å². The van der Waals surface area contributed by atoms with E-state index in [-0.39, 0.29) is 0 Å². The molecule has 0 radical (unpaired) electrons. The van der Waals surface area contributed by atoms with Crippen molar-refractivity contribution >= 4 is 27.9 Å². The van der Waals surface area contributed by atoms with Crippen LogP contribution in [-0.4, -0.2) is 29.1 Å². The van der Waals surface area contributed by atoms with Gasteiger partial charge in [0.2, 0.25) is 0 Å². The van der Waals surface area contributed by atoms with Crippen LogP contribution in [0.25, 0.3) is 16.3 Å². The number of para-hydroxylation sites is 1. The Hall–Kier alpha value is -3.16. The Balaban J connectivity index is 2.00. The zero-order chi connectivity index (χ0) is 19.7. The lowest BCUT2D eigenvalue weighted by atomic mass is 9.92. The van der Waals surface area contributed by atoms with E-state index >= 15 is 0 Å². The van der Waals surface area contributed by atoms with Gasteiger partial charge in [-0.1, -0.05) is 24.3 Å². The second kappa shape index (κ2) is 7.46. The van der Waals surface area contributed by atoms with E-state index < -0.39 is 0 Å². The number of methoxy groups -OCH3 is 1. The Morgan fingerprint density at radius 3 is 2.79 bits per heavy atom. The highest BCUT2D eigenvalue weighted by molar-refractivity contribution is 5.97. The molecule has 0 fully saturated rings. The molecule has 0 amide bonds. The van der Waals surface area contributed by atoms with Crippen LogP contribution < -0.4 is 11.0 Å². The second-order valence-corrected chi connectivity index (χ2v) is 6.66. The van der Waals surface area contributed by atoms with Crippen LogP contribution in [0, 0.1) is 6.92 Å². The summed E-state index contributed by atoms with van der Waals surface area (Å²) >= 11 is 0. The van der Waals surface area contributed by atoms with Crippen molar-refractivity contribution in [2.75, 3.05) is 24.7 Å². The van der Waals surface area contributed by atoms with Crippen LogP contribution in [0.5, 0.6) is 0 Å². The van der Waals surface area contributed by atoms with Gasteiger partial charge >= 0.3 is 0 Å². The number of nitrogen functional groups attached to an aromatic ring is 1. The van der Waals surface area contributed by atoms with Crippen molar-refractivity contribution in [2.24, 2.45) is 0 Å². The first-order valence-corrected chi connectivity index (χ1v) is 9.11. The van der Waals surface area contributed by atoms with Crippen LogP contribution in [-0.2, 0) is 9.57 Å². The monoisotopic (exact) mass is 378 g/mol. The zero-order valence-corrected chi connectivity index (χ0v) is 15.8. The second-order valence-electron chi connectivity index (χ2n) is 6.66. The molecule has 0 spiro atoms. The number of nitrogens with zero attached hydrogens (tertiary/aromatic N) is 3. The lowest BCUT2D eigenvalue weighted by molar-refractivity contribution is -0.0420. The fourth-order valence-electron chi connectivity index (χ4n) is 3.56. The van der Waals surface area contributed by atoms with E-state index in [9.17, 15) is 5.21 Å². The van der Waals surface area contributed by atoms with Crippen molar-refractivity contribution in [1.29, 1.82) is 0 Å². The fraction of sp³-hybridized carbons (Fsp3) is 0.238. The highest BCUT2D eigenvalue weighted by atomic mass is 16.9. The number of aromatic nitrogens is 2. The minimum Gasteiger partial charge on any atom is -0.500 e. The predicted molar refractivity (Wildman–Crippen MR) is 108 cm³/mol. The summed E-state index contributed by atoms with van der Waals surface area (Å²) < 4.78 is 5.78. The van der Waals surface area contributed by atoms with E-state index in [0.29, 0.717) is 31.0 Å². The first-order valence-electron chi connectivity index (χ1n) is 9.11. The molecule has 7 heteroatoms. The van der Waals surface area contributed by atoms with Crippen molar-refractivity contribution in [1.82, 2.24) is 10.2 Å². The number of rotatable bonds is 2. The van der Waals surface area contributed by atoms with Gasteiger partial charge in [0.15, 0.2) is 5.82 Å². The Kier molecular flexibility index (Phi) is 4.85. The molecule has 1 aromatic heterocycles. The Labute approximate surface area is 162 Å². The Morgan fingerprint density at radius 2 is 1.96 bits per heavy atom. The third-order valence-electron chi connectivity index (χ3n) is 4.95. The van der Waals surface area contributed by atoms with Crippen molar-refractivity contribution in [3.05, 3.63) is 65.0 Å². The number of allylic oxidation sites excluding steroid dienone is 1. The lowest BCUT2D eigenvalue weighted by Crippen LogP contribution is -2.20. The number of aryl methyl sites for hydroxylation is 1. The molecule has 0 bridgehead atoms. The van der Waals surface area contributed by atoms with Gasteiger partial charge in [0.1, 0.15) is 11.4 Å². The third kappa shape index (κ3) is 3.15. The molecule has 1 aliphatic heterocycles. The molecule has 0 saturated heterocycles. The highest BCUT2D eigenvalue weighted by Gasteiger charge is 2.22. The summed E-state index contributed by atoms with van der Waals surface area (Å²) in [7, 11) is 1.67. The van der Waals surface area contributed by atoms with Gasteiger partial charge in [-0.3, -0.25) is 5.21 Å². The van der Waals surface area contributed by atoms with Crippen LogP contribution in [0.4, 0.5) is 11.5 Å². The SMILES string of the molecule is COC1=C(c2ccc3c(N)nnc(C)c3c2)c2ccccc2N(O)OCCC1. The van der Waals surface area contributed by atoms with E-state index in [4.69, 9.17) is 15.3 Å². The predicted octanol–water partition coefficient (Wildman–Crippen LogP) is 3.85. The van der Waals surface area contributed by atoms with Gasteiger partial charge in [-0.05, 0) is 37.1 Å². The maximum absolute atomic E-state index is 10.4. The van der Waals surface area contributed by atoms with Crippen LogP contribution >= 0.6 is 0 Å². The third-order valence-corrected chi connectivity index (χ3v) is 4.95. The van der Waals surface area contributed by atoms with E-state index in [1.807, 2.05) is 49.4 Å². The molecular weight excluding hydrogens is 356 g/mol. The van der Waals surface area contributed by atoms with Gasteiger partial charge in [-0.2, -0.15) is 5.10 Å². The molecule has 0 atom stereocenters. The number of nitrogens with two attached hydrogens (primary N) is 1. The zero-order valence-electron chi connectivity index (χ0n) is 15.8. The van der Waals surface area contributed by atoms with Crippen LogP contribution in [0.15, 0.2) is 48.2 Å². The largest absolute Gasteiger partial charge is 0.500 e. The Bertz CT molecular complexity index is 1060. The fourth-order valence-corrected chi connectivity index (χ4v) is 3.56. The van der Waals surface area contributed by atoms with Gasteiger partial charge in [0, 0.05) is 28.3 Å².